The molecule has 3 saturated carbocycles. The molecule has 1 N–H and O–H groups in total. The minimum atomic E-state index is -0.777. The lowest BCUT2D eigenvalue weighted by atomic mass is 9.45. The molecule has 4 aliphatic rings. The molecular formula is C22H32O4. The van der Waals surface area contributed by atoms with Gasteiger partial charge in [0.25, 0.3) is 0 Å². The predicted molar refractivity (Wildman–Crippen MR) is 99.4 cm³/mol. The predicted octanol–water partition coefficient (Wildman–Crippen LogP) is 3.64. The Morgan fingerprint density at radius 2 is 1.85 bits per heavy atom. The van der Waals surface area contributed by atoms with Crippen molar-refractivity contribution in [3.8, 4) is 0 Å². The number of hydrogen-bond acceptors (Lipinski definition) is 4. The minimum Gasteiger partial charge on any atom is -0.388 e. The van der Waals surface area contributed by atoms with Crippen molar-refractivity contribution in [2.45, 2.75) is 64.8 Å². The Kier molecular flexibility index (Phi) is 3.91. The molecule has 4 nitrogen and oxygen atoms in total. The van der Waals surface area contributed by atoms with E-state index in [1.165, 1.54) is 0 Å². The first-order valence-electron chi connectivity index (χ1n) is 9.98. The Morgan fingerprint density at radius 3 is 2.46 bits per heavy atom. The van der Waals surface area contributed by atoms with E-state index >= 15 is 0 Å². The van der Waals surface area contributed by atoms with E-state index in [1.807, 2.05) is 6.92 Å². The second-order valence-electron chi connectivity index (χ2n) is 9.56. The zero-order chi connectivity index (χ0) is 19.0. The monoisotopic (exact) mass is 360 g/mol. The Hall–Kier alpha value is -0.970. The van der Waals surface area contributed by atoms with Crippen LogP contribution in [0.2, 0.25) is 0 Å². The molecular weight excluding hydrogens is 328 g/mol. The summed E-state index contributed by atoms with van der Waals surface area (Å²) < 4.78 is 12.4. The summed E-state index contributed by atoms with van der Waals surface area (Å²) in [6.07, 6.45) is 4.76. The molecule has 3 aliphatic carbocycles. The maximum atomic E-state index is 13.7. The van der Waals surface area contributed by atoms with Gasteiger partial charge >= 0.3 is 0 Å². The highest BCUT2D eigenvalue weighted by Gasteiger charge is 2.72. The standard InChI is InChI=1S/C22H32O4/c1-6-19(4)13-16(23)20(5)14(2)7-8-21(15(3)17(19)24)9-10-22(18(20)21)25-11-12-26-22/h6,14,17-18,24H,1,3,7-13H2,2,4-5H3/t14-,17+,18?,19+,20+,21+/m1/s1. The SMILES string of the molecule is C=C[C@@]1(C)CC(=O)[C@@]2(C)C3C4(CC[C@@]3(CC[C@H]2C)C(=C)[C@@H]1O)OCCO4. The van der Waals surface area contributed by atoms with Crippen LogP contribution in [0.25, 0.3) is 0 Å². The number of aliphatic hydroxyl groups excluding tert-OH is 1. The van der Waals surface area contributed by atoms with Crippen molar-refractivity contribution in [3.05, 3.63) is 24.8 Å². The number of carbonyl (C=O) groups is 1. The van der Waals surface area contributed by atoms with Crippen molar-refractivity contribution in [1.29, 1.82) is 0 Å². The molecule has 4 fully saturated rings. The van der Waals surface area contributed by atoms with E-state index in [0.717, 1.165) is 31.3 Å². The minimum absolute atomic E-state index is 0.0854. The fraction of sp³-hybridized carbons (Fsp3) is 0.773. The van der Waals surface area contributed by atoms with Crippen LogP contribution in [0, 0.1) is 28.1 Å². The molecule has 1 aliphatic heterocycles. The molecule has 1 spiro atoms. The summed E-state index contributed by atoms with van der Waals surface area (Å²) in [4.78, 5) is 13.7. The molecule has 6 atom stereocenters. The van der Waals surface area contributed by atoms with Gasteiger partial charge in [0.05, 0.1) is 19.3 Å². The van der Waals surface area contributed by atoms with Gasteiger partial charge in [-0.1, -0.05) is 33.4 Å². The molecule has 26 heavy (non-hydrogen) atoms. The number of aliphatic hydroxyl groups is 1. The van der Waals surface area contributed by atoms with Crippen LogP contribution in [0.4, 0.5) is 0 Å². The van der Waals surface area contributed by atoms with Crippen molar-refractivity contribution in [1.82, 2.24) is 0 Å². The molecule has 0 amide bonds. The first-order valence-corrected chi connectivity index (χ1v) is 9.98. The molecule has 0 aromatic carbocycles. The summed E-state index contributed by atoms with van der Waals surface area (Å²) in [6, 6.07) is 0. The summed E-state index contributed by atoms with van der Waals surface area (Å²) in [6.45, 7) is 15.7. The van der Waals surface area contributed by atoms with Crippen LogP contribution in [0.1, 0.15) is 52.9 Å². The zero-order valence-electron chi connectivity index (χ0n) is 16.3. The summed E-state index contributed by atoms with van der Waals surface area (Å²) >= 11 is 0. The van der Waals surface area contributed by atoms with Crippen LogP contribution >= 0.6 is 0 Å². The first kappa shape index (κ1) is 18.4. The summed E-state index contributed by atoms with van der Waals surface area (Å²) in [5.74, 6) is -0.344. The lowest BCUT2D eigenvalue weighted by molar-refractivity contribution is -0.238. The van der Waals surface area contributed by atoms with Gasteiger partial charge in [-0.2, -0.15) is 0 Å². The third-order valence-electron chi connectivity index (χ3n) is 8.54. The average Bonchev–Trinajstić information content (AvgIpc) is 3.23. The van der Waals surface area contributed by atoms with Gasteiger partial charge in [0.15, 0.2) is 5.79 Å². The van der Waals surface area contributed by atoms with Crippen LogP contribution in [0.5, 0.6) is 0 Å². The topological polar surface area (TPSA) is 55.8 Å². The number of Topliss-reactive ketones (excluding diaryl/α,β-unsaturated/α-hetero) is 1. The van der Waals surface area contributed by atoms with Gasteiger partial charge in [0.1, 0.15) is 5.78 Å². The lowest BCUT2D eigenvalue weighted by Crippen LogP contribution is -2.62. The molecule has 4 heteroatoms. The molecule has 0 aromatic rings. The summed E-state index contributed by atoms with van der Waals surface area (Å²) in [5, 5.41) is 11.2. The van der Waals surface area contributed by atoms with E-state index in [0.29, 0.717) is 13.2 Å². The fourth-order valence-corrected chi connectivity index (χ4v) is 6.68. The maximum absolute atomic E-state index is 13.7. The van der Waals surface area contributed by atoms with Crippen LogP contribution in [-0.4, -0.2) is 36.0 Å². The Balaban J connectivity index is 1.95. The number of ketones is 1. The van der Waals surface area contributed by atoms with Gasteiger partial charge in [-0.25, -0.2) is 0 Å². The molecule has 2 bridgehead atoms. The molecule has 1 unspecified atom stereocenters. The lowest BCUT2D eigenvalue weighted by Gasteiger charge is -2.59. The summed E-state index contributed by atoms with van der Waals surface area (Å²) in [7, 11) is 0. The van der Waals surface area contributed by atoms with E-state index < -0.39 is 22.7 Å². The summed E-state index contributed by atoms with van der Waals surface area (Å²) in [5.41, 5.74) is -0.693. The molecule has 1 saturated heterocycles. The van der Waals surface area contributed by atoms with Crippen molar-refractivity contribution in [2.75, 3.05) is 13.2 Å². The Labute approximate surface area is 156 Å². The molecule has 0 radical (unpaired) electrons. The van der Waals surface area contributed by atoms with Gasteiger partial charge < -0.3 is 14.6 Å². The third-order valence-corrected chi connectivity index (χ3v) is 8.54. The highest BCUT2D eigenvalue weighted by Crippen LogP contribution is 2.71. The van der Waals surface area contributed by atoms with Gasteiger partial charge in [-0.3, -0.25) is 4.79 Å². The largest absolute Gasteiger partial charge is 0.388 e. The molecule has 144 valence electrons. The van der Waals surface area contributed by atoms with E-state index in [4.69, 9.17) is 9.47 Å². The number of carbonyl (C=O) groups excluding carboxylic acids is 1. The van der Waals surface area contributed by atoms with Crippen LogP contribution in [0.15, 0.2) is 24.8 Å². The first-order chi connectivity index (χ1) is 12.2. The number of rotatable bonds is 1. The van der Waals surface area contributed by atoms with Crippen molar-refractivity contribution in [2.24, 2.45) is 28.1 Å². The van der Waals surface area contributed by atoms with E-state index in [2.05, 4.69) is 27.0 Å². The quantitative estimate of drug-likeness (QED) is 0.725. The van der Waals surface area contributed by atoms with Gasteiger partial charge in [-0.15, -0.1) is 6.58 Å². The number of hydrogen-bond donors (Lipinski definition) is 1. The fourth-order valence-electron chi connectivity index (χ4n) is 6.68. The van der Waals surface area contributed by atoms with Crippen molar-refractivity contribution < 1.29 is 19.4 Å². The van der Waals surface area contributed by atoms with Crippen molar-refractivity contribution in [3.63, 3.8) is 0 Å². The third kappa shape index (κ3) is 1.99. The van der Waals surface area contributed by atoms with Crippen LogP contribution in [0.3, 0.4) is 0 Å². The second-order valence-corrected chi connectivity index (χ2v) is 9.56. The number of ether oxygens (including phenoxy) is 2. The maximum Gasteiger partial charge on any atom is 0.173 e. The molecule has 4 rings (SSSR count). The molecule has 0 aromatic heterocycles. The molecule has 1 heterocycles. The van der Waals surface area contributed by atoms with Crippen LogP contribution in [-0.2, 0) is 14.3 Å². The zero-order valence-corrected chi connectivity index (χ0v) is 16.3. The normalized spacial score (nSPS) is 50.4. The second kappa shape index (κ2) is 5.52. The van der Waals surface area contributed by atoms with Gasteiger partial charge in [0.2, 0.25) is 0 Å². The smallest absolute Gasteiger partial charge is 0.173 e. The van der Waals surface area contributed by atoms with E-state index in [1.54, 1.807) is 6.08 Å². The average molecular weight is 360 g/mol. The highest BCUT2D eigenvalue weighted by molar-refractivity contribution is 5.87. The van der Waals surface area contributed by atoms with E-state index in [9.17, 15) is 9.90 Å². The van der Waals surface area contributed by atoms with E-state index in [-0.39, 0.29) is 29.5 Å². The Morgan fingerprint density at radius 1 is 1.19 bits per heavy atom. The van der Waals surface area contributed by atoms with Crippen molar-refractivity contribution >= 4 is 5.78 Å². The van der Waals surface area contributed by atoms with Crippen LogP contribution < -0.4 is 0 Å². The highest BCUT2D eigenvalue weighted by atomic mass is 16.7. The Bertz CT molecular complexity index is 663. The van der Waals surface area contributed by atoms with Gasteiger partial charge in [0, 0.05) is 35.0 Å². The van der Waals surface area contributed by atoms with Gasteiger partial charge in [-0.05, 0) is 30.8 Å².